The Labute approximate surface area is 191 Å². The molecule has 0 radical (unpaired) electrons. The highest BCUT2D eigenvalue weighted by Gasteiger charge is 2.58. The van der Waals surface area contributed by atoms with Gasteiger partial charge in [-0.2, -0.15) is 0 Å². The summed E-state index contributed by atoms with van der Waals surface area (Å²) in [6, 6.07) is 5.95. The maximum atomic E-state index is 13.2. The minimum Gasteiger partial charge on any atom is -0.508 e. The van der Waals surface area contributed by atoms with Crippen LogP contribution in [-0.4, -0.2) is 25.9 Å². The summed E-state index contributed by atoms with van der Waals surface area (Å²) in [5.41, 5.74) is 3.68. The first kappa shape index (κ1) is 21.7. The number of hydrogen-bond donors (Lipinski definition) is 1. The first-order valence-corrected chi connectivity index (χ1v) is 12.6. The van der Waals surface area contributed by atoms with Gasteiger partial charge < -0.3 is 5.11 Å². The van der Waals surface area contributed by atoms with E-state index in [9.17, 15) is 9.90 Å². The summed E-state index contributed by atoms with van der Waals surface area (Å²) < 4.78 is 1.99. The van der Waals surface area contributed by atoms with E-state index >= 15 is 0 Å². The average Bonchev–Trinajstić information content (AvgIpc) is 3.28. The van der Waals surface area contributed by atoms with Gasteiger partial charge in [0, 0.05) is 24.6 Å². The van der Waals surface area contributed by atoms with Gasteiger partial charge in [-0.05, 0) is 97.8 Å². The number of benzene rings is 1. The number of aromatic hydroxyl groups is 1. The van der Waals surface area contributed by atoms with E-state index in [2.05, 4.69) is 43.3 Å². The van der Waals surface area contributed by atoms with Gasteiger partial charge in [0.15, 0.2) is 0 Å². The number of fused-ring (bicyclic) bond motifs is 5. The van der Waals surface area contributed by atoms with Crippen LogP contribution in [0.5, 0.6) is 5.75 Å². The maximum Gasteiger partial charge on any atom is 0.139 e. The summed E-state index contributed by atoms with van der Waals surface area (Å²) in [5, 5.41) is 18.6. The minimum atomic E-state index is -0.141. The molecule has 0 saturated heterocycles. The van der Waals surface area contributed by atoms with Crippen molar-refractivity contribution in [1.82, 2.24) is 15.0 Å². The van der Waals surface area contributed by atoms with E-state index in [1.807, 2.05) is 16.8 Å². The molecule has 0 aliphatic heterocycles. The zero-order chi connectivity index (χ0) is 22.5. The molecule has 1 aromatic heterocycles. The Morgan fingerprint density at radius 3 is 2.94 bits per heavy atom. The van der Waals surface area contributed by atoms with Crippen LogP contribution in [0, 0.1) is 29.1 Å². The number of nitrogens with zero attached hydrogens (tertiary/aromatic N) is 3. The normalized spacial score (nSPS) is 31.4. The first-order chi connectivity index (χ1) is 15.3. The highest BCUT2D eigenvalue weighted by molar-refractivity contribution is 5.87. The van der Waals surface area contributed by atoms with Crippen LogP contribution in [-0.2, 0) is 24.2 Å². The van der Waals surface area contributed by atoms with Gasteiger partial charge in [-0.1, -0.05) is 32.1 Å². The standard InChI is InChI=1S/C27H37N3O2/c1-17(2)13-20-16-30(29-28-20)12-4-5-19-15-25(32)27(3)11-10-23-22-9-7-21(31)14-18(22)6-8-24(23)26(19)27/h7,9,14,16-17,19,23-24,26,31H,4-6,8,10-13,15H2,1-3H3/t19-,23+,24+,26-,27+/m0/s1. The second-order valence-electron chi connectivity index (χ2n) is 11.3. The van der Waals surface area contributed by atoms with Gasteiger partial charge >= 0.3 is 0 Å². The van der Waals surface area contributed by atoms with Crippen molar-refractivity contribution in [3.05, 3.63) is 41.2 Å². The Kier molecular flexibility index (Phi) is 5.63. The number of ketones is 1. The largest absolute Gasteiger partial charge is 0.508 e. The molecule has 3 aliphatic rings. The number of Topliss-reactive ketones (excluding diaryl/α,β-unsaturated/α-hetero) is 1. The van der Waals surface area contributed by atoms with Gasteiger partial charge in [0.1, 0.15) is 11.5 Å². The zero-order valence-electron chi connectivity index (χ0n) is 19.8. The average molecular weight is 436 g/mol. The second-order valence-corrected chi connectivity index (χ2v) is 11.3. The fraction of sp³-hybridized carbons (Fsp3) is 0.667. The molecule has 0 unspecified atom stereocenters. The predicted molar refractivity (Wildman–Crippen MR) is 124 cm³/mol. The molecule has 0 amide bonds. The first-order valence-electron chi connectivity index (χ1n) is 12.6. The third-order valence-corrected chi connectivity index (χ3v) is 8.72. The topological polar surface area (TPSA) is 68.0 Å². The smallest absolute Gasteiger partial charge is 0.139 e. The molecule has 5 rings (SSSR count). The Hall–Kier alpha value is -2.17. The molecule has 1 heterocycles. The van der Waals surface area contributed by atoms with E-state index in [1.54, 1.807) is 0 Å². The van der Waals surface area contributed by atoms with Crippen molar-refractivity contribution >= 4 is 5.78 Å². The number of aryl methyl sites for hydroxylation is 2. The third kappa shape index (κ3) is 3.78. The van der Waals surface area contributed by atoms with E-state index in [0.717, 1.165) is 63.6 Å². The van der Waals surface area contributed by atoms with Crippen molar-refractivity contribution in [2.45, 2.75) is 84.6 Å². The fourth-order valence-corrected chi connectivity index (χ4v) is 7.37. The Morgan fingerprint density at radius 2 is 2.12 bits per heavy atom. The van der Waals surface area contributed by atoms with Crippen LogP contribution in [0.4, 0.5) is 0 Å². The second kappa shape index (κ2) is 8.31. The lowest BCUT2D eigenvalue weighted by Gasteiger charge is -2.50. The molecule has 5 heteroatoms. The van der Waals surface area contributed by atoms with Crippen LogP contribution in [0.15, 0.2) is 24.4 Å². The number of rotatable bonds is 6. The van der Waals surface area contributed by atoms with Gasteiger partial charge in [-0.3, -0.25) is 9.48 Å². The molecule has 5 atom stereocenters. The summed E-state index contributed by atoms with van der Waals surface area (Å²) in [7, 11) is 0. The molecule has 1 aromatic carbocycles. The molecule has 0 spiro atoms. The predicted octanol–water partition coefficient (Wildman–Crippen LogP) is 5.31. The van der Waals surface area contributed by atoms with Crippen LogP contribution >= 0.6 is 0 Å². The van der Waals surface area contributed by atoms with Gasteiger partial charge in [0.05, 0.1) is 5.69 Å². The van der Waals surface area contributed by atoms with Crippen molar-refractivity contribution in [3.63, 3.8) is 0 Å². The maximum absolute atomic E-state index is 13.2. The summed E-state index contributed by atoms with van der Waals surface area (Å²) in [6.45, 7) is 7.56. The summed E-state index contributed by atoms with van der Waals surface area (Å²) in [4.78, 5) is 13.2. The lowest BCUT2D eigenvalue weighted by Crippen LogP contribution is -2.44. The van der Waals surface area contributed by atoms with E-state index in [4.69, 9.17) is 0 Å². The van der Waals surface area contributed by atoms with Crippen LogP contribution in [0.25, 0.3) is 0 Å². The van der Waals surface area contributed by atoms with E-state index < -0.39 is 0 Å². The lowest BCUT2D eigenvalue weighted by molar-refractivity contribution is -0.129. The monoisotopic (exact) mass is 435 g/mol. The molecule has 32 heavy (non-hydrogen) atoms. The molecule has 172 valence electrons. The van der Waals surface area contributed by atoms with Crippen molar-refractivity contribution in [3.8, 4) is 5.75 Å². The number of carbonyl (C=O) groups is 1. The van der Waals surface area contributed by atoms with E-state index in [-0.39, 0.29) is 5.41 Å². The molecule has 3 aliphatic carbocycles. The number of aromatic nitrogens is 3. The highest BCUT2D eigenvalue weighted by Crippen LogP contribution is 2.62. The van der Waals surface area contributed by atoms with Crippen molar-refractivity contribution in [2.75, 3.05) is 0 Å². The molecule has 5 nitrogen and oxygen atoms in total. The number of phenols is 1. The van der Waals surface area contributed by atoms with Crippen LogP contribution in [0.2, 0.25) is 0 Å². The molecule has 2 aromatic rings. The molecular formula is C27H37N3O2. The van der Waals surface area contributed by atoms with Crippen LogP contribution in [0.1, 0.15) is 82.0 Å². The molecule has 0 bridgehead atoms. The Balaban J connectivity index is 1.29. The SMILES string of the molecule is CC(C)Cc1cn(CCC[C@H]2CC(=O)[C@@]3(C)CC[C@@H]4c5ccc(O)cc5CC[C@H]4[C@H]23)nn1. The highest BCUT2D eigenvalue weighted by atomic mass is 16.3. The Bertz CT molecular complexity index is 997. The number of hydrogen-bond acceptors (Lipinski definition) is 4. The summed E-state index contributed by atoms with van der Waals surface area (Å²) in [5.74, 6) is 3.57. The number of carbonyl (C=O) groups excluding carboxylic acids is 1. The number of phenolic OH excluding ortho intramolecular Hbond substituents is 1. The summed E-state index contributed by atoms with van der Waals surface area (Å²) >= 11 is 0. The van der Waals surface area contributed by atoms with Crippen LogP contribution < -0.4 is 0 Å². The Morgan fingerprint density at radius 1 is 1.28 bits per heavy atom. The minimum absolute atomic E-state index is 0.141. The molecule has 2 fully saturated rings. The zero-order valence-corrected chi connectivity index (χ0v) is 19.8. The van der Waals surface area contributed by atoms with Gasteiger partial charge in [0.2, 0.25) is 0 Å². The van der Waals surface area contributed by atoms with Gasteiger partial charge in [0.25, 0.3) is 0 Å². The van der Waals surface area contributed by atoms with E-state index in [1.165, 1.54) is 11.1 Å². The van der Waals surface area contributed by atoms with Crippen molar-refractivity contribution in [2.24, 2.45) is 29.1 Å². The van der Waals surface area contributed by atoms with Gasteiger partial charge in [-0.25, -0.2) is 0 Å². The third-order valence-electron chi connectivity index (χ3n) is 8.72. The molecular weight excluding hydrogens is 398 g/mol. The van der Waals surface area contributed by atoms with Gasteiger partial charge in [-0.15, -0.1) is 5.10 Å². The van der Waals surface area contributed by atoms with E-state index in [0.29, 0.717) is 41.1 Å². The summed E-state index contributed by atoms with van der Waals surface area (Å²) in [6.07, 6.45) is 10.2. The van der Waals surface area contributed by atoms with Crippen molar-refractivity contribution < 1.29 is 9.90 Å². The molecule has 2 saturated carbocycles. The fourth-order valence-electron chi connectivity index (χ4n) is 7.37. The molecule has 1 N–H and O–H groups in total. The lowest BCUT2D eigenvalue weighted by atomic mass is 9.54. The quantitative estimate of drug-likeness (QED) is 0.667. The van der Waals surface area contributed by atoms with Crippen LogP contribution in [0.3, 0.4) is 0 Å². The van der Waals surface area contributed by atoms with Crippen molar-refractivity contribution in [1.29, 1.82) is 0 Å².